The first-order chi connectivity index (χ1) is 51.3. The molecule has 0 unspecified atom stereocenters. The van der Waals surface area contributed by atoms with E-state index in [0.717, 1.165) is 81.6 Å². The monoisotopic (exact) mass is 1420 g/mol. The number of hydrogen-bond donors (Lipinski definition) is 2. The molecule has 6 aromatic heterocycles. The molecule has 0 aliphatic heterocycles. The molecule has 0 saturated carbocycles. The molecule has 12 nitrogen and oxygen atoms in total. The summed E-state index contributed by atoms with van der Waals surface area (Å²) in [6, 6.07) is 120. The lowest BCUT2D eigenvalue weighted by molar-refractivity contribution is 0.426. The van der Waals surface area contributed by atoms with E-state index in [1.807, 2.05) is 162 Å². The fourth-order valence-corrected chi connectivity index (χ4v) is 14.7. The van der Waals surface area contributed by atoms with Crippen molar-refractivity contribution in [2.45, 2.75) is 7.43 Å². The van der Waals surface area contributed by atoms with Gasteiger partial charge in [-0.1, -0.05) is 278 Å². The summed E-state index contributed by atoms with van der Waals surface area (Å²) in [6.07, 6.45) is 0. The number of para-hydroxylation sites is 6. The number of benzene rings is 14. The Morgan fingerprint density at radius 3 is 0.848 bits per heavy atom. The van der Waals surface area contributed by atoms with Crippen LogP contribution in [0.25, 0.3) is 167 Å². The minimum absolute atomic E-state index is 0. The highest BCUT2D eigenvalue weighted by atomic mass is 79.9. The predicted octanol–water partition coefficient (Wildman–Crippen LogP) is 21.2. The highest BCUT2D eigenvalue weighted by Crippen LogP contribution is 2.40. The second kappa shape index (κ2) is 27.9. The van der Waals surface area contributed by atoms with Gasteiger partial charge in [0.1, 0.15) is 0 Å². The molecular formula is C91H64BBrN10O2. The van der Waals surface area contributed by atoms with Gasteiger partial charge in [-0.25, -0.2) is 9.97 Å². The summed E-state index contributed by atoms with van der Waals surface area (Å²) < 4.78 is 9.95. The molecule has 500 valence electrons. The maximum Gasteiger partial charge on any atom is 0.488 e. The van der Waals surface area contributed by atoms with Crippen molar-refractivity contribution in [3.8, 4) is 79.9 Å². The molecule has 0 saturated heterocycles. The zero-order chi connectivity index (χ0) is 69.6. The van der Waals surface area contributed by atoms with Crippen molar-refractivity contribution in [2.75, 3.05) is 0 Å². The van der Waals surface area contributed by atoms with Gasteiger partial charge in [-0.2, -0.15) is 19.9 Å². The molecule has 0 radical (unpaired) electrons. The van der Waals surface area contributed by atoms with Crippen molar-refractivity contribution in [1.29, 1.82) is 0 Å². The third-order valence-corrected chi connectivity index (χ3v) is 19.6. The van der Waals surface area contributed by atoms with Crippen LogP contribution in [0.4, 0.5) is 0 Å². The lowest BCUT2D eigenvalue weighted by Gasteiger charge is -2.11. The smallest absolute Gasteiger partial charge is 0.423 e. The largest absolute Gasteiger partial charge is 0.488 e. The second-order valence-corrected chi connectivity index (χ2v) is 26.3. The van der Waals surface area contributed by atoms with Gasteiger partial charge in [0, 0.05) is 81.2 Å². The van der Waals surface area contributed by atoms with Gasteiger partial charge in [-0.05, 0) is 114 Å². The van der Waals surface area contributed by atoms with Crippen LogP contribution in [0.2, 0.25) is 0 Å². The molecule has 14 heteroatoms. The van der Waals surface area contributed by atoms with Crippen LogP contribution in [-0.4, -0.2) is 65.3 Å². The summed E-state index contributed by atoms with van der Waals surface area (Å²) in [6.45, 7) is 0. The first-order valence-corrected chi connectivity index (χ1v) is 35.1. The summed E-state index contributed by atoms with van der Waals surface area (Å²) >= 11 is 3.57. The third kappa shape index (κ3) is 12.1. The van der Waals surface area contributed by atoms with Gasteiger partial charge < -0.3 is 19.2 Å². The number of aromatic nitrogens is 10. The second-order valence-electron chi connectivity index (χ2n) is 25.4. The highest BCUT2D eigenvalue weighted by Gasteiger charge is 2.23. The summed E-state index contributed by atoms with van der Waals surface area (Å²) in [5.41, 5.74) is 17.6. The lowest BCUT2D eigenvalue weighted by Crippen LogP contribution is -2.29. The van der Waals surface area contributed by atoms with Gasteiger partial charge in [0.05, 0.1) is 44.1 Å². The SMILES string of the molecule is Brc1ccc2c(c1)c1ccccc1n2-c1ccccc1.C.OB(O)c1ccc2c(c1)c1ccccc1n2-c1nc(-c2ccccc2)nc(-c2ccccc2)n1.c1ccc(-c2nc(-c3ccccc3)nc(-n3c4ccccc4c4cc(-c5ccc6c(c5)c5ccccc5n6-c5ccccc5)ccc43)n2)cc1. The average molecular weight is 1420 g/mol. The Kier molecular flexibility index (Phi) is 17.3. The van der Waals surface area contributed by atoms with E-state index < -0.39 is 7.12 Å². The van der Waals surface area contributed by atoms with Crippen molar-refractivity contribution < 1.29 is 10.0 Å². The zero-order valence-corrected chi connectivity index (χ0v) is 57.4. The van der Waals surface area contributed by atoms with Crippen LogP contribution in [0.15, 0.2) is 356 Å². The minimum Gasteiger partial charge on any atom is -0.423 e. The van der Waals surface area contributed by atoms with Crippen LogP contribution in [0, 0.1) is 0 Å². The summed E-state index contributed by atoms with van der Waals surface area (Å²) in [5, 5.41) is 28.6. The van der Waals surface area contributed by atoms with Crippen LogP contribution in [0.1, 0.15) is 7.43 Å². The molecule has 0 aliphatic rings. The Balaban J connectivity index is 0.000000127. The molecule has 2 N–H and O–H groups in total. The predicted molar refractivity (Wildman–Crippen MR) is 435 cm³/mol. The Hall–Kier alpha value is -13.2. The summed E-state index contributed by atoms with van der Waals surface area (Å²) in [7, 11) is -1.54. The van der Waals surface area contributed by atoms with Crippen molar-refractivity contribution in [3.05, 3.63) is 356 Å². The van der Waals surface area contributed by atoms with Crippen molar-refractivity contribution in [3.63, 3.8) is 0 Å². The van der Waals surface area contributed by atoms with E-state index in [9.17, 15) is 10.0 Å². The Labute approximate surface area is 613 Å². The first-order valence-electron chi connectivity index (χ1n) is 34.3. The number of nitrogens with zero attached hydrogens (tertiary/aromatic N) is 10. The molecule has 0 aliphatic carbocycles. The van der Waals surface area contributed by atoms with Crippen LogP contribution in [0.5, 0.6) is 0 Å². The van der Waals surface area contributed by atoms with Crippen LogP contribution in [0.3, 0.4) is 0 Å². The Morgan fingerprint density at radius 1 is 0.229 bits per heavy atom. The topological polar surface area (TPSA) is 138 Å². The summed E-state index contributed by atoms with van der Waals surface area (Å²) in [5.74, 6) is 3.53. The van der Waals surface area contributed by atoms with E-state index >= 15 is 0 Å². The molecule has 14 aromatic carbocycles. The Morgan fingerprint density at radius 2 is 0.495 bits per heavy atom. The van der Waals surface area contributed by atoms with Gasteiger partial charge >= 0.3 is 7.12 Å². The Bertz CT molecular complexity index is 6470. The van der Waals surface area contributed by atoms with Gasteiger partial charge in [-0.15, -0.1) is 0 Å². The first kappa shape index (κ1) is 65.1. The number of rotatable bonds is 10. The summed E-state index contributed by atoms with van der Waals surface area (Å²) in [4.78, 5) is 29.6. The van der Waals surface area contributed by atoms with E-state index in [1.54, 1.807) is 12.1 Å². The van der Waals surface area contributed by atoms with Crippen LogP contribution >= 0.6 is 15.9 Å². The molecule has 0 bridgehead atoms. The highest BCUT2D eigenvalue weighted by molar-refractivity contribution is 9.10. The van der Waals surface area contributed by atoms with Gasteiger partial charge in [0.25, 0.3) is 0 Å². The molecule has 0 atom stereocenters. The van der Waals surface area contributed by atoms with Crippen LogP contribution < -0.4 is 5.46 Å². The van der Waals surface area contributed by atoms with Gasteiger partial charge in [0.2, 0.25) is 11.9 Å². The van der Waals surface area contributed by atoms with E-state index in [2.05, 4.69) is 212 Å². The molecule has 105 heavy (non-hydrogen) atoms. The quantitative estimate of drug-likeness (QED) is 0.129. The van der Waals surface area contributed by atoms with Crippen LogP contribution in [-0.2, 0) is 0 Å². The standard InChI is InChI=1S/C45H29N5.C27H19BN4O2.C18H12BrN.CH4/c1-4-14-30(15-5-1)43-46-44(31-16-6-2-7-17-31)48-45(47-43)50-40-23-13-11-21-36(40)38-29-33(25-27-42(38)50)32-24-26-41-37(28-32)35-20-10-12-22-39(35)49(41)34-18-8-3-9-19-34;33-28(34)20-15-16-24-22(17-20)21-13-7-8-14-23(21)32(24)27-30-25(18-9-3-1-4-10-18)29-26(31-27)19-11-5-2-6-12-19;19-13-10-11-18-16(12-13)15-8-4-5-9-17(15)20(18)14-6-2-1-3-7-14;/h1-29H;1-17,33-34H;1-12H;1H4. The lowest BCUT2D eigenvalue weighted by atomic mass is 9.80. The minimum atomic E-state index is -1.54. The molecule has 20 aromatic rings. The van der Waals surface area contributed by atoms with E-state index in [0.29, 0.717) is 40.7 Å². The van der Waals surface area contributed by atoms with E-state index in [-0.39, 0.29) is 7.43 Å². The van der Waals surface area contributed by atoms with E-state index in [1.165, 1.54) is 54.9 Å². The maximum absolute atomic E-state index is 9.72. The van der Waals surface area contributed by atoms with Crippen molar-refractivity contribution >= 4 is 116 Å². The normalized spacial score (nSPS) is 11.3. The molecule has 0 fully saturated rings. The van der Waals surface area contributed by atoms with Crippen molar-refractivity contribution in [2.24, 2.45) is 0 Å². The number of halogens is 1. The maximum atomic E-state index is 9.72. The molecule has 0 spiro atoms. The zero-order valence-electron chi connectivity index (χ0n) is 55.8. The number of fused-ring (bicyclic) bond motifs is 12. The third-order valence-electron chi connectivity index (χ3n) is 19.1. The fourth-order valence-electron chi connectivity index (χ4n) is 14.3. The molecule has 0 amide bonds. The molecule has 20 rings (SSSR count). The molecule has 6 heterocycles. The fraction of sp³-hybridized carbons (Fsp3) is 0.0110. The number of hydrogen-bond acceptors (Lipinski definition) is 8. The molecular weight excluding hydrogens is 1360 g/mol. The average Bonchev–Trinajstić information content (AvgIpc) is 1.61. The van der Waals surface area contributed by atoms with Crippen molar-refractivity contribution in [1.82, 2.24) is 48.2 Å². The van der Waals surface area contributed by atoms with Gasteiger partial charge in [-0.3, -0.25) is 9.13 Å². The van der Waals surface area contributed by atoms with E-state index in [4.69, 9.17) is 29.9 Å². The van der Waals surface area contributed by atoms with Gasteiger partial charge in [0.15, 0.2) is 23.3 Å².